The van der Waals surface area contributed by atoms with Crippen LogP contribution >= 0.6 is 0 Å². The third kappa shape index (κ3) is 3.93. The molecule has 0 bridgehead atoms. The maximum absolute atomic E-state index is 12.6. The molecule has 0 atom stereocenters. The number of nitrogens with zero attached hydrogens (tertiary/aromatic N) is 4. The monoisotopic (exact) mass is 338 g/mol. The molecule has 0 unspecified atom stereocenters. The van der Waals surface area contributed by atoms with Gasteiger partial charge in [-0.2, -0.15) is 0 Å². The predicted molar refractivity (Wildman–Crippen MR) is 97.0 cm³/mol. The molecule has 1 aromatic carbocycles. The summed E-state index contributed by atoms with van der Waals surface area (Å²) in [4.78, 5) is 21.3. The van der Waals surface area contributed by atoms with Crippen LogP contribution in [0.15, 0.2) is 42.7 Å². The smallest absolute Gasteiger partial charge is 0.236 e. The third-order valence-electron chi connectivity index (χ3n) is 5.52. The van der Waals surface area contributed by atoms with E-state index in [1.807, 2.05) is 12.4 Å². The Kier molecular flexibility index (Phi) is 4.83. The largest absolute Gasteiger partial charge is 0.342 e. The summed E-state index contributed by atoms with van der Waals surface area (Å²) in [5.41, 5.74) is 1.41. The van der Waals surface area contributed by atoms with Gasteiger partial charge in [-0.15, -0.1) is 0 Å². The highest BCUT2D eigenvalue weighted by Crippen LogP contribution is 2.22. The lowest BCUT2D eigenvalue weighted by Gasteiger charge is -2.34. The molecular formula is C20H26N4O. The lowest BCUT2D eigenvalue weighted by Crippen LogP contribution is -2.46. The molecule has 1 aromatic heterocycles. The number of likely N-dealkylation sites (tertiary alicyclic amines) is 1. The fourth-order valence-corrected chi connectivity index (χ4v) is 3.98. The zero-order chi connectivity index (χ0) is 17.1. The second-order valence-corrected chi connectivity index (χ2v) is 7.26. The molecule has 132 valence electrons. The highest BCUT2D eigenvalue weighted by molar-refractivity contribution is 5.78. The van der Waals surface area contributed by atoms with Crippen molar-refractivity contribution in [1.82, 2.24) is 19.4 Å². The van der Waals surface area contributed by atoms with Crippen LogP contribution in [-0.2, 0) is 24.3 Å². The van der Waals surface area contributed by atoms with Crippen molar-refractivity contribution in [2.24, 2.45) is 5.92 Å². The van der Waals surface area contributed by atoms with Gasteiger partial charge in [-0.1, -0.05) is 30.3 Å². The normalized spacial score (nSPS) is 19.0. The molecule has 5 heteroatoms. The summed E-state index contributed by atoms with van der Waals surface area (Å²) in [6.45, 7) is 4.97. The second kappa shape index (κ2) is 7.40. The molecule has 5 nitrogen and oxygen atoms in total. The van der Waals surface area contributed by atoms with Crippen LogP contribution in [0.25, 0.3) is 0 Å². The summed E-state index contributed by atoms with van der Waals surface area (Å²) in [5.74, 6) is 2.05. The lowest BCUT2D eigenvalue weighted by molar-refractivity contribution is -0.134. The fourth-order valence-electron chi connectivity index (χ4n) is 3.98. The zero-order valence-corrected chi connectivity index (χ0v) is 14.7. The van der Waals surface area contributed by atoms with Gasteiger partial charge in [0.15, 0.2) is 0 Å². The van der Waals surface area contributed by atoms with Crippen molar-refractivity contribution in [3.8, 4) is 0 Å². The van der Waals surface area contributed by atoms with Gasteiger partial charge in [-0.3, -0.25) is 9.69 Å². The first kappa shape index (κ1) is 16.3. The van der Waals surface area contributed by atoms with Crippen LogP contribution in [0.1, 0.15) is 24.2 Å². The molecule has 2 aromatic rings. The summed E-state index contributed by atoms with van der Waals surface area (Å²) >= 11 is 0. The predicted octanol–water partition coefficient (Wildman–Crippen LogP) is 2.18. The standard InChI is InChI=1S/C20H26N4O/c25-20(16-22-12-13-23-11-8-21-19(23)15-22)24-9-6-18(7-10-24)14-17-4-2-1-3-5-17/h1-5,8,11,18H,6-7,9-10,12-16H2. The third-order valence-corrected chi connectivity index (χ3v) is 5.52. The van der Waals surface area contributed by atoms with Crippen LogP contribution in [0.2, 0.25) is 0 Å². The number of fused-ring (bicyclic) bond motifs is 1. The van der Waals surface area contributed by atoms with Gasteiger partial charge in [0.2, 0.25) is 5.91 Å². The maximum Gasteiger partial charge on any atom is 0.236 e. The second-order valence-electron chi connectivity index (χ2n) is 7.26. The van der Waals surface area contributed by atoms with E-state index < -0.39 is 0 Å². The molecule has 0 aliphatic carbocycles. The highest BCUT2D eigenvalue weighted by atomic mass is 16.2. The molecule has 0 spiro atoms. The molecule has 2 aliphatic heterocycles. The number of amides is 1. The number of carbonyl (C=O) groups is 1. The van der Waals surface area contributed by atoms with Gasteiger partial charge < -0.3 is 9.47 Å². The molecule has 1 amide bonds. The number of benzene rings is 1. The Labute approximate surface area is 149 Å². The van der Waals surface area contributed by atoms with Crippen molar-refractivity contribution >= 4 is 5.91 Å². The van der Waals surface area contributed by atoms with Crippen LogP contribution < -0.4 is 0 Å². The Balaban J connectivity index is 1.24. The van der Waals surface area contributed by atoms with E-state index in [4.69, 9.17) is 0 Å². The van der Waals surface area contributed by atoms with Crippen molar-refractivity contribution in [2.45, 2.75) is 32.4 Å². The van der Waals surface area contributed by atoms with Gasteiger partial charge in [-0.25, -0.2) is 4.98 Å². The summed E-state index contributed by atoms with van der Waals surface area (Å²) in [7, 11) is 0. The Morgan fingerprint density at radius 1 is 1.08 bits per heavy atom. The van der Waals surface area contributed by atoms with E-state index >= 15 is 0 Å². The number of hydrogen-bond donors (Lipinski definition) is 0. The summed E-state index contributed by atoms with van der Waals surface area (Å²) in [6, 6.07) is 10.7. The first-order valence-corrected chi connectivity index (χ1v) is 9.32. The summed E-state index contributed by atoms with van der Waals surface area (Å²) in [5, 5.41) is 0. The fraction of sp³-hybridized carbons (Fsp3) is 0.500. The Morgan fingerprint density at radius 3 is 2.68 bits per heavy atom. The lowest BCUT2D eigenvalue weighted by atomic mass is 9.90. The maximum atomic E-state index is 12.6. The number of rotatable bonds is 4. The van der Waals surface area contributed by atoms with Crippen LogP contribution in [0.5, 0.6) is 0 Å². The van der Waals surface area contributed by atoms with Gasteiger partial charge in [-0.05, 0) is 30.7 Å². The highest BCUT2D eigenvalue weighted by Gasteiger charge is 2.25. The van der Waals surface area contributed by atoms with E-state index in [0.717, 1.165) is 57.8 Å². The summed E-state index contributed by atoms with van der Waals surface area (Å²) < 4.78 is 2.18. The number of piperidine rings is 1. The topological polar surface area (TPSA) is 41.4 Å². The minimum atomic E-state index is 0.276. The first-order chi connectivity index (χ1) is 12.3. The minimum Gasteiger partial charge on any atom is -0.342 e. The average Bonchev–Trinajstić information content (AvgIpc) is 3.11. The van der Waals surface area contributed by atoms with E-state index in [1.54, 1.807) is 0 Å². The molecule has 25 heavy (non-hydrogen) atoms. The van der Waals surface area contributed by atoms with Crippen molar-refractivity contribution < 1.29 is 4.79 Å². The van der Waals surface area contributed by atoms with Gasteiger partial charge in [0.05, 0.1) is 13.1 Å². The first-order valence-electron chi connectivity index (χ1n) is 9.32. The van der Waals surface area contributed by atoms with Crippen molar-refractivity contribution in [1.29, 1.82) is 0 Å². The SMILES string of the molecule is O=C(CN1CCn2ccnc2C1)N1CCC(Cc2ccccc2)CC1. The Hall–Kier alpha value is -2.14. The van der Waals surface area contributed by atoms with Crippen molar-refractivity contribution in [2.75, 3.05) is 26.2 Å². The average molecular weight is 338 g/mol. The molecule has 0 saturated carbocycles. The Bertz CT molecular complexity index is 703. The van der Waals surface area contributed by atoms with Crippen molar-refractivity contribution in [3.63, 3.8) is 0 Å². The number of carbonyl (C=O) groups excluding carboxylic acids is 1. The molecule has 0 radical (unpaired) electrons. The van der Waals surface area contributed by atoms with Gasteiger partial charge in [0, 0.05) is 38.6 Å². The molecule has 1 fully saturated rings. The van der Waals surface area contributed by atoms with E-state index in [1.165, 1.54) is 5.56 Å². The van der Waals surface area contributed by atoms with E-state index in [-0.39, 0.29) is 5.91 Å². The van der Waals surface area contributed by atoms with Crippen LogP contribution in [0, 0.1) is 5.92 Å². The summed E-state index contributed by atoms with van der Waals surface area (Å²) in [6.07, 6.45) is 7.23. The van der Waals surface area contributed by atoms with Crippen molar-refractivity contribution in [3.05, 3.63) is 54.1 Å². The Morgan fingerprint density at radius 2 is 1.88 bits per heavy atom. The quantitative estimate of drug-likeness (QED) is 0.858. The number of imidazole rings is 1. The molecule has 3 heterocycles. The number of hydrogen-bond acceptors (Lipinski definition) is 3. The van der Waals surface area contributed by atoms with Crippen LogP contribution in [-0.4, -0.2) is 51.4 Å². The molecular weight excluding hydrogens is 312 g/mol. The minimum absolute atomic E-state index is 0.276. The van der Waals surface area contributed by atoms with Gasteiger partial charge >= 0.3 is 0 Å². The van der Waals surface area contributed by atoms with Crippen LogP contribution in [0.3, 0.4) is 0 Å². The number of aromatic nitrogens is 2. The molecule has 0 N–H and O–H groups in total. The zero-order valence-electron chi connectivity index (χ0n) is 14.7. The van der Waals surface area contributed by atoms with Gasteiger partial charge in [0.25, 0.3) is 0 Å². The van der Waals surface area contributed by atoms with Crippen LogP contribution in [0.4, 0.5) is 0 Å². The molecule has 1 saturated heterocycles. The van der Waals surface area contributed by atoms with Gasteiger partial charge in [0.1, 0.15) is 5.82 Å². The molecule has 2 aliphatic rings. The van der Waals surface area contributed by atoms with E-state index in [9.17, 15) is 4.79 Å². The van der Waals surface area contributed by atoms with E-state index in [2.05, 4.69) is 49.7 Å². The molecule has 4 rings (SSSR count). The van der Waals surface area contributed by atoms with E-state index in [0.29, 0.717) is 12.5 Å².